The van der Waals surface area contributed by atoms with Crippen molar-refractivity contribution in [1.29, 1.82) is 0 Å². The molecule has 4 atom stereocenters. The highest BCUT2D eigenvalue weighted by molar-refractivity contribution is 8.01. The number of benzene rings is 2. The molecule has 14 nitrogen and oxygen atoms in total. The van der Waals surface area contributed by atoms with Gasteiger partial charge in [-0.1, -0.05) is 63.2 Å². The summed E-state index contributed by atoms with van der Waals surface area (Å²) in [4.78, 5) is 55.1. The third kappa shape index (κ3) is 8.73. The second kappa shape index (κ2) is 16.8. The van der Waals surface area contributed by atoms with Gasteiger partial charge in [-0.25, -0.2) is 9.59 Å². The van der Waals surface area contributed by atoms with E-state index in [1.165, 1.54) is 67.7 Å². The number of esters is 1. The molecule has 2 amide bonds. The average molecular weight is 724 g/mol. The number of carbonyl (C=O) groups excluding carboxylic acids is 4. The normalized spacial score (nSPS) is 21.4. The predicted octanol–water partition coefficient (Wildman–Crippen LogP) is 3.76. The Morgan fingerprint density at radius 3 is 2.06 bits per heavy atom. The van der Waals surface area contributed by atoms with Gasteiger partial charge in [0.1, 0.15) is 23.8 Å². The minimum atomic E-state index is -5.00. The Morgan fingerprint density at radius 1 is 0.980 bits per heavy atom. The molecule has 2 heterocycles. The molecule has 0 aliphatic carbocycles. The van der Waals surface area contributed by atoms with E-state index in [1.54, 1.807) is 45.0 Å². The number of nitrogens with zero attached hydrogens (tertiary/aromatic N) is 2. The highest BCUT2D eigenvalue weighted by atomic mass is 32.2. The molecule has 2 aliphatic heterocycles. The zero-order valence-corrected chi connectivity index (χ0v) is 30.3. The maximum Gasteiger partial charge on any atom is 0.513 e. The molecule has 0 saturated carbocycles. The summed E-state index contributed by atoms with van der Waals surface area (Å²) in [6.07, 6.45) is -0.976. The first-order chi connectivity index (χ1) is 23.1. The van der Waals surface area contributed by atoms with Crippen LogP contribution in [0.15, 0.2) is 54.6 Å². The van der Waals surface area contributed by atoms with Crippen molar-refractivity contribution in [3.8, 4) is 5.75 Å². The van der Waals surface area contributed by atoms with E-state index >= 15 is 0 Å². The molecular formula is C33H45N3O11S2. The zero-order chi connectivity index (χ0) is 36.6. The van der Waals surface area contributed by atoms with Crippen molar-refractivity contribution in [3.63, 3.8) is 0 Å². The Morgan fingerprint density at radius 2 is 1.57 bits per heavy atom. The number of carbonyl (C=O) groups is 4. The van der Waals surface area contributed by atoms with Crippen LogP contribution < -0.4 is 10.1 Å². The average Bonchev–Trinajstić information content (AvgIpc) is 3.28. The van der Waals surface area contributed by atoms with Gasteiger partial charge in [-0.05, 0) is 63.7 Å². The minimum Gasteiger partial charge on any atom is -0.457 e. The van der Waals surface area contributed by atoms with Crippen LogP contribution in [0.5, 0.6) is 5.75 Å². The van der Waals surface area contributed by atoms with Crippen molar-refractivity contribution in [1.82, 2.24) is 15.1 Å². The summed E-state index contributed by atoms with van der Waals surface area (Å²) in [6.45, 7) is 15.1. The molecule has 2 aromatic carbocycles. The van der Waals surface area contributed by atoms with Crippen LogP contribution in [0.4, 0.5) is 4.79 Å². The summed E-state index contributed by atoms with van der Waals surface area (Å²) in [5, 5.41) is -0.502. The van der Waals surface area contributed by atoms with E-state index in [4.69, 9.17) is 14.2 Å². The Labute approximate surface area is 291 Å². The van der Waals surface area contributed by atoms with Gasteiger partial charge < -0.3 is 29.2 Å². The van der Waals surface area contributed by atoms with Crippen LogP contribution in [-0.2, 0) is 45.3 Å². The fourth-order valence-electron chi connectivity index (χ4n) is 5.63. The van der Waals surface area contributed by atoms with Crippen molar-refractivity contribution in [2.24, 2.45) is 0 Å². The molecule has 49 heavy (non-hydrogen) atoms. The maximum absolute atomic E-state index is 13.4. The Bertz CT molecular complexity index is 1560. The number of rotatable bonds is 13. The lowest BCUT2D eigenvalue weighted by atomic mass is 9.91. The predicted molar refractivity (Wildman–Crippen MR) is 182 cm³/mol. The Kier molecular flexibility index (Phi) is 13.6. The zero-order valence-electron chi connectivity index (χ0n) is 28.7. The molecule has 0 bridgehead atoms. The Hall–Kier alpha value is -3.70. The monoisotopic (exact) mass is 723 g/mol. The van der Waals surface area contributed by atoms with Gasteiger partial charge in [0.15, 0.2) is 5.25 Å². The van der Waals surface area contributed by atoms with E-state index in [2.05, 4.69) is 35.7 Å². The molecule has 16 heteroatoms. The highest BCUT2D eigenvalue weighted by Crippen LogP contribution is 2.57. The summed E-state index contributed by atoms with van der Waals surface area (Å²) in [5.74, 6) is -2.66. The molecule has 4 rings (SSSR count). The van der Waals surface area contributed by atoms with Gasteiger partial charge in [0.05, 0.1) is 11.4 Å². The van der Waals surface area contributed by atoms with Gasteiger partial charge in [-0.15, -0.1) is 11.8 Å². The van der Waals surface area contributed by atoms with E-state index < -0.39 is 61.2 Å². The van der Waals surface area contributed by atoms with Crippen molar-refractivity contribution in [3.05, 3.63) is 65.7 Å². The van der Waals surface area contributed by atoms with E-state index in [0.29, 0.717) is 0 Å². The fourth-order valence-corrected chi connectivity index (χ4v) is 8.18. The SMILES string of the molecule is CCN(CC)CC.CCOC(=O)Oc1ccc([C@H](C(=O)N[C@H]2C(=O)N3[C@@H]2SC(C)(C)[C@]3(OC)C(=O)OCc2ccccc2)S(=O)(=O)O)cc1. The number of β-lactam (4-membered cyclic amide) rings is 1. The van der Waals surface area contributed by atoms with E-state index in [9.17, 15) is 32.1 Å². The quantitative estimate of drug-likeness (QED) is 0.132. The number of hydrogen-bond donors (Lipinski definition) is 2. The minimum absolute atomic E-state index is 0.0103. The number of methoxy groups -OCH3 is 1. The van der Waals surface area contributed by atoms with Gasteiger partial charge >= 0.3 is 12.1 Å². The maximum atomic E-state index is 13.4. The van der Waals surface area contributed by atoms with Crippen LogP contribution in [0.3, 0.4) is 0 Å². The molecule has 0 radical (unpaired) electrons. The first kappa shape index (κ1) is 39.7. The van der Waals surface area contributed by atoms with Crippen LogP contribution >= 0.6 is 11.8 Å². The highest BCUT2D eigenvalue weighted by Gasteiger charge is 2.74. The van der Waals surface area contributed by atoms with E-state index in [-0.39, 0.29) is 24.5 Å². The topological polar surface area (TPSA) is 178 Å². The standard InChI is InChI=1S/C27H30N2O11S2.C6H15N/c1-5-38-25(33)40-18-13-11-17(12-14-18)20(42(34,35)36)21(30)28-19-22(31)29-23(19)41-26(2,3)27(29,37-4)24(32)39-15-16-9-7-6-8-10-16;1-4-7(5-2)6-3/h6-14,19-20,23H,5,15H2,1-4H3,(H,28,30)(H,34,35,36);4-6H2,1-3H3/t19-,20+,23+,27+;/m0./s1. The lowest BCUT2D eigenvalue weighted by molar-refractivity contribution is -0.216. The number of thioether (sulfide) groups is 1. The fraction of sp³-hybridized carbons (Fsp3) is 0.515. The van der Waals surface area contributed by atoms with Gasteiger partial charge in [-0.2, -0.15) is 8.42 Å². The number of nitrogens with one attached hydrogen (secondary N) is 1. The molecular weight excluding hydrogens is 679 g/mol. The van der Waals surface area contributed by atoms with Crippen LogP contribution in [0.25, 0.3) is 0 Å². The lowest BCUT2D eigenvalue weighted by Crippen LogP contribution is -2.76. The smallest absolute Gasteiger partial charge is 0.457 e. The summed E-state index contributed by atoms with van der Waals surface area (Å²) in [6, 6.07) is 12.5. The molecule has 0 unspecified atom stereocenters. The second-order valence-electron chi connectivity index (χ2n) is 11.5. The molecule has 2 aromatic rings. The molecule has 2 aliphatic rings. The van der Waals surface area contributed by atoms with Gasteiger partial charge in [0.25, 0.3) is 21.8 Å². The first-order valence-corrected chi connectivity index (χ1v) is 18.2. The third-order valence-corrected chi connectivity index (χ3v) is 10.9. The van der Waals surface area contributed by atoms with Crippen molar-refractivity contribution < 1.29 is 51.1 Å². The Balaban J connectivity index is 0.000000838. The number of amides is 2. The van der Waals surface area contributed by atoms with Gasteiger partial charge in [-0.3, -0.25) is 19.0 Å². The summed E-state index contributed by atoms with van der Waals surface area (Å²) in [5.41, 5.74) is -1.24. The molecule has 0 spiro atoms. The number of ether oxygens (including phenoxy) is 4. The van der Waals surface area contributed by atoms with E-state index in [0.717, 1.165) is 5.56 Å². The summed E-state index contributed by atoms with van der Waals surface area (Å²) >= 11 is 1.17. The second-order valence-corrected chi connectivity index (χ2v) is 14.7. The number of hydrogen-bond acceptors (Lipinski definition) is 12. The van der Waals surface area contributed by atoms with Crippen LogP contribution in [0, 0.1) is 0 Å². The molecule has 2 N–H and O–H groups in total. The van der Waals surface area contributed by atoms with Crippen molar-refractivity contribution >= 4 is 45.8 Å². The lowest BCUT2D eigenvalue weighted by Gasteiger charge is -2.49. The van der Waals surface area contributed by atoms with Crippen LogP contribution in [0.1, 0.15) is 57.9 Å². The summed E-state index contributed by atoms with van der Waals surface area (Å²) in [7, 11) is -3.73. The van der Waals surface area contributed by atoms with Crippen LogP contribution in [-0.4, -0.2) is 102 Å². The molecule has 2 saturated heterocycles. The summed E-state index contributed by atoms with van der Waals surface area (Å²) < 4.78 is 54.2. The molecule has 270 valence electrons. The van der Waals surface area contributed by atoms with Gasteiger partial charge in [0.2, 0.25) is 5.91 Å². The van der Waals surface area contributed by atoms with Crippen LogP contribution in [0.2, 0.25) is 0 Å². The van der Waals surface area contributed by atoms with Gasteiger partial charge in [0, 0.05) is 7.11 Å². The first-order valence-electron chi connectivity index (χ1n) is 15.8. The van der Waals surface area contributed by atoms with E-state index in [1.807, 2.05) is 6.07 Å². The van der Waals surface area contributed by atoms with Crippen molar-refractivity contribution in [2.45, 2.75) is 75.3 Å². The number of fused-ring (bicyclic) bond motifs is 1. The van der Waals surface area contributed by atoms with Crippen molar-refractivity contribution in [2.75, 3.05) is 33.4 Å². The molecule has 2 fully saturated rings. The largest absolute Gasteiger partial charge is 0.513 e. The third-order valence-electron chi connectivity index (χ3n) is 8.22. The molecule has 0 aromatic heterocycles.